The summed E-state index contributed by atoms with van der Waals surface area (Å²) in [7, 11) is 0. The van der Waals surface area contributed by atoms with E-state index >= 15 is 8.78 Å². The molecule has 3 heteroatoms. The van der Waals surface area contributed by atoms with E-state index in [4.69, 9.17) is 11.6 Å². The average molecular weight is 403 g/mol. The van der Waals surface area contributed by atoms with Crippen LogP contribution >= 0.6 is 11.6 Å². The highest BCUT2D eigenvalue weighted by molar-refractivity contribution is 6.36. The highest BCUT2D eigenvalue weighted by Crippen LogP contribution is 2.55. The lowest BCUT2D eigenvalue weighted by Crippen LogP contribution is -2.06. The fraction of sp³-hybridized carbons (Fsp3) is 0.0769. The van der Waals surface area contributed by atoms with Crippen LogP contribution in [-0.4, -0.2) is 0 Å². The molecule has 0 bridgehead atoms. The lowest BCUT2D eigenvalue weighted by Gasteiger charge is -2.28. The van der Waals surface area contributed by atoms with Crippen molar-refractivity contribution in [2.24, 2.45) is 0 Å². The third kappa shape index (κ3) is 2.71. The van der Waals surface area contributed by atoms with Crippen molar-refractivity contribution >= 4 is 11.6 Å². The van der Waals surface area contributed by atoms with Crippen molar-refractivity contribution in [3.05, 3.63) is 94.5 Å². The lowest BCUT2D eigenvalue weighted by atomic mass is 9.77. The van der Waals surface area contributed by atoms with Crippen molar-refractivity contribution < 1.29 is 8.78 Å². The van der Waals surface area contributed by atoms with Gasteiger partial charge in [-0.2, -0.15) is 0 Å². The molecular weight excluding hydrogens is 386 g/mol. The van der Waals surface area contributed by atoms with E-state index in [1.807, 2.05) is 68.4 Å². The Kier molecular flexibility index (Phi) is 4.07. The molecule has 29 heavy (non-hydrogen) atoms. The van der Waals surface area contributed by atoms with Gasteiger partial charge < -0.3 is 0 Å². The first-order chi connectivity index (χ1) is 14.0. The summed E-state index contributed by atoms with van der Waals surface area (Å²) in [5.74, 6) is -0.872. The second-order valence-corrected chi connectivity index (χ2v) is 7.93. The van der Waals surface area contributed by atoms with Crippen LogP contribution in [0.5, 0.6) is 0 Å². The van der Waals surface area contributed by atoms with Crippen molar-refractivity contribution in [3.8, 4) is 44.5 Å². The summed E-state index contributed by atoms with van der Waals surface area (Å²) in [6.45, 7) is 3.97. The quantitative estimate of drug-likeness (QED) is 0.279. The molecule has 0 heterocycles. The van der Waals surface area contributed by atoms with Gasteiger partial charge in [0, 0.05) is 22.3 Å². The van der Waals surface area contributed by atoms with Crippen LogP contribution in [0.15, 0.2) is 66.7 Å². The smallest absolute Gasteiger partial charge is 0.150 e. The van der Waals surface area contributed by atoms with Crippen LogP contribution in [-0.2, 0) is 0 Å². The van der Waals surface area contributed by atoms with E-state index in [1.54, 1.807) is 12.1 Å². The Morgan fingerprint density at radius 3 is 1.66 bits per heavy atom. The molecule has 4 aromatic carbocycles. The summed E-state index contributed by atoms with van der Waals surface area (Å²) in [5.41, 5.74) is 7.09. The van der Waals surface area contributed by atoms with Gasteiger partial charge in [0.25, 0.3) is 0 Å². The molecule has 0 aromatic heterocycles. The molecule has 0 aliphatic heterocycles. The summed E-state index contributed by atoms with van der Waals surface area (Å²) in [4.78, 5) is 0. The number of benzene rings is 4. The number of hydrogen-bond acceptors (Lipinski definition) is 0. The lowest BCUT2D eigenvalue weighted by molar-refractivity contribution is 0.627. The minimum atomic E-state index is -0.514. The Morgan fingerprint density at radius 2 is 1.07 bits per heavy atom. The van der Waals surface area contributed by atoms with E-state index in [0.717, 1.165) is 33.4 Å². The van der Waals surface area contributed by atoms with Crippen LogP contribution in [0.1, 0.15) is 11.1 Å². The van der Waals surface area contributed by atoms with Gasteiger partial charge in [-0.1, -0.05) is 83.4 Å². The standard InChI is InChI=1S/C26H17ClF2/c1-14-3-7-16(8-4-14)18-11-12-19-21-13-20(17-9-5-15(2)6-10-17)26(29)24(27)22(21)23(19)25(18)28/h3-13H,1-2H3. The van der Waals surface area contributed by atoms with E-state index in [-0.39, 0.29) is 10.8 Å². The van der Waals surface area contributed by atoms with E-state index in [2.05, 4.69) is 0 Å². The predicted molar refractivity (Wildman–Crippen MR) is 116 cm³/mol. The van der Waals surface area contributed by atoms with E-state index in [1.165, 1.54) is 0 Å². The molecule has 4 aromatic rings. The van der Waals surface area contributed by atoms with Gasteiger partial charge in [-0.15, -0.1) is 0 Å². The topological polar surface area (TPSA) is 0 Å². The number of hydrogen-bond donors (Lipinski definition) is 0. The molecular formula is C26H17ClF2. The van der Waals surface area contributed by atoms with Crippen molar-refractivity contribution in [1.82, 2.24) is 0 Å². The van der Waals surface area contributed by atoms with Gasteiger partial charge in [0.15, 0.2) is 0 Å². The third-order valence-electron chi connectivity index (χ3n) is 5.61. The monoisotopic (exact) mass is 402 g/mol. The summed E-state index contributed by atoms with van der Waals surface area (Å²) in [5, 5.41) is -0.0227. The second-order valence-electron chi connectivity index (χ2n) is 7.56. The Labute approximate surface area is 173 Å². The largest absolute Gasteiger partial charge is 0.206 e. The van der Waals surface area contributed by atoms with Crippen LogP contribution in [0, 0.1) is 25.5 Å². The number of halogens is 3. The van der Waals surface area contributed by atoms with Crippen molar-refractivity contribution in [2.45, 2.75) is 13.8 Å². The van der Waals surface area contributed by atoms with Crippen LogP contribution in [0.25, 0.3) is 44.5 Å². The maximum absolute atomic E-state index is 15.4. The van der Waals surface area contributed by atoms with Crippen molar-refractivity contribution in [2.75, 3.05) is 0 Å². The minimum Gasteiger partial charge on any atom is -0.206 e. The van der Waals surface area contributed by atoms with E-state index in [9.17, 15) is 0 Å². The zero-order chi connectivity index (χ0) is 20.3. The van der Waals surface area contributed by atoms with Crippen LogP contribution in [0.4, 0.5) is 8.78 Å². The van der Waals surface area contributed by atoms with Crippen LogP contribution in [0.3, 0.4) is 0 Å². The molecule has 142 valence electrons. The summed E-state index contributed by atoms with van der Waals surface area (Å²) in [6.07, 6.45) is 0. The zero-order valence-corrected chi connectivity index (χ0v) is 16.7. The van der Waals surface area contributed by atoms with Crippen LogP contribution in [0.2, 0.25) is 5.02 Å². The molecule has 0 amide bonds. The Hall–Kier alpha value is -2.97. The van der Waals surface area contributed by atoms with Gasteiger partial charge in [-0.25, -0.2) is 8.78 Å². The van der Waals surface area contributed by atoms with Gasteiger partial charge in [-0.3, -0.25) is 0 Å². The van der Waals surface area contributed by atoms with Gasteiger partial charge >= 0.3 is 0 Å². The molecule has 0 unspecified atom stereocenters. The zero-order valence-electron chi connectivity index (χ0n) is 16.0. The summed E-state index contributed by atoms with van der Waals surface area (Å²) < 4.78 is 30.5. The molecule has 0 radical (unpaired) electrons. The first-order valence-electron chi connectivity index (χ1n) is 9.45. The second kappa shape index (κ2) is 6.53. The molecule has 0 nitrogen and oxygen atoms in total. The number of aryl methyl sites for hydroxylation is 2. The highest BCUT2D eigenvalue weighted by Gasteiger charge is 2.33. The van der Waals surface area contributed by atoms with E-state index < -0.39 is 5.82 Å². The van der Waals surface area contributed by atoms with Crippen molar-refractivity contribution in [1.29, 1.82) is 0 Å². The molecule has 1 aliphatic rings. The third-order valence-corrected chi connectivity index (χ3v) is 5.97. The first-order valence-corrected chi connectivity index (χ1v) is 9.83. The molecule has 0 saturated carbocycles. The average Bonchev–Trinajstić information content (AvgIpc) is 2.70. The summed E-state index contributed by atoms with van der Waals surface area (Å²) >= 11 is 6.40. The fourth-order valence-electron chi connectivity index (χ4n) is 3.96. The first kappa shape index (κ1) is 18.1. The van der Waals surface area contributed by atoms with Gasteiger partial charge in [0.05, 0.1) is 5.02 Å². The normalized spacial score (nSPS) is 11.6. The predicted octanol–water partition coefficient (Wildman–Crippen LogP) is 8.22. The summed E-state index contributed by atoms with van der Waals surface area (Å²) in [6, 6.07) is 20.7. The minimum absolute atomic E-state index is 0.0227. The maximum Gasteiger partial charge on any atom is 0.150 e. The fourth-order valence-corrected chi connectivity index (χ4v) is 4.26. The Balaban J connectivity index is 1.66. The molecule has 0 atom stereocenters. The van der Waals surface area contributed by atoms with Gasteiger partial charge in [-0.05, 0) is 42.2 Å². The molecule has 1 aliphatic carbocycles. The SMILES string of the molecule is Cc1ccc(-c2cc3c(c(Cl)c2F)-c2c-3ccc(-c3ccc(C)cc3)c2F)cc1. The maximum atomic E-state index is 15.4. The van der Waals surface area contributed by atoms with Gasteiger partial charge in [0.2, 0.25) is 0 Å². The number of rotatable bonds is 2. The van der Waals surface area contributed by atoms with Gasteiger partial charge in [0.1, 0.15) is 11.6 Å². The Morgan fingerprint density at radius 1 is 0.552 bits per heavy atom. The molecule has 0 saturated heterocycles. The molecule has 0 spiro atoms. The molecule has 0 fully saturated rings. The molecule has 5 rings (SSSR count). The Bertz CT molecular complexity index is 1270. The molecule has 0 N–H and O–H groups in total. The number of fused-ring (bicyclic) bond motifs is 4. The highest BCUT2D eigenvalue weighted by atomic mass is 35.5. The van der Waals surface area contributed by atoms with Crippen LogP contribution < -0.4 is 0 Å². The van der Waals surface area contributed by atoms with Crippen molar-refractivity contribution in [3.63, 3.8) is 0 Å². The van der Waals surface area contributed by atoms with E-state index in [0.29, 0.717) is 22.3 Å².